The Kier molecular flexibility index (Phi) is 6.64. The third kappa shape index (κ3) is 3.77. The SMILES string of the molecule is c1cnc(C2(c3cnccn3)CN(N3CCCN3)C(C3CCCS3)(N3CCCC3)N2C2CCCO2)nc1. The van der Waals surface area contributed by atoms with Crippen molar-refractivity contribution in [3.63, 3.8) is 0 Å². The first-order valence-electron chi connectivity index (χ1n) is 14.0. The number of hydrogen-bond donors (Lipinski definition) is 1. The first-order chi connectivity index (χ1) is 18.3. The van der Waals surface area contributed by atoms with Crippen LogP contribution in [0.3, 0.4) is 0 Å². The molecule has 4 unspecified atom stereocenters. The summed E-state index contributed by atoms with van der Waals surface area (Å²) < 4.78 is 6.64. The molecule has 4 atom stereocenters. The van der Waals surface area contributed by atoms with Crippen molar-refractivity contribution in [3.8, 4) is 0 Å². The van der Waals surface area contributed by atoms with Gasteiger partial charge in [0.25, 0.3) is 0 Å². The van der Waals surface area contributed by atoms with Crippen molar-refractivity contribution in [3.05, 3.63) is 48.6 Å². The van der Waals surface area contributed by atoms with Crippen molar-refractivity contribution >= 4 is 11.8 Å². The van der Waals surface area contributed by atoms with Crippen LogP contribution in [0.4, 0.5) is 0 Å². The third-order valence-electron chi connectivity index (χ3n) is 8.71. The minimum Gasteiger partial charge on any atom is -0.363 e. The molecule has 37 heavy (non-hydrogen) atoms. The third-order valence-corrected chi connectivity index (χ3v) is 10.2. The van der Waals surface area contributed by atoms with E-state index >= 15 is 0 Å². The lowest BCUT2D eigenvalue weighted by Gasteiger charge is -2.57. The average Bonchev–Trinajstić information content (AvgIpc) is 3.78. The Hall–Kier alpha value is -1.73. The molecule has 5 saturated heterocycles. The molecule has 0 amide bonds. The summed E-state index contributed by atoms with van der Waals surface area (Å²) in [5, 5.41) is 5.45. The number of thioether (sulfide) groups is 1. The molecule has 5 aliphatic heterocycles. The molecule has 0 aliphatic carbocycles. The maximum absolute atomic E-state index is 6.64. The highest BCUT2D eigenvalue weighted by Crippen LogP contribution is 2.56. The normalized spacial score (nSPS) is 36.2. The van der Waals surface area contributed by atoms with E-state index in [2.05, 4.69) is 42.1 Å². The Labute approximate surface area is 223 Å². The van der Waals surface area contributed by atoms with Gasteiger partial charge in [-0.1, -0.05) is 0 Å². The van der Waals surface area contributed by atoms with Crippen LogP contribution in [0.25, 0.3) is 0 Å². The molecular weight excluding hydrogens is 486 g/mol. The lowest BCUT2D eigenvalue weighted by Crippen LogP contribution is -2.75. The van der Waals surface area contributed by atoms with E-state index in [0.717, 1.165) is 63.6 Å². The van der Waals surface area contributed by atoms with E-state index in [1.54, 1.807) is 6.20 Å². The van der Waals surface area contributed by atoms with Crippen molar-refractivity contribution < 1.29 is 4.74 Å². The monoisotopic (exact) mass is 523 g/mol. The van der Waals surface area contributed by atoms with Crippen molar-refractivity contribution in [2.75, 3.05) is 45.1 Å². The van der Waals surface area contributed by atoms with Crippen LogP contribution >= 0.6 is 11.8 Å². The zero-order valence-electron chi connectivity index (χ0n) is 21.4. The highest BCUT2D eigenvalue weighted by Gasteiger charge is 2.71. The van der Waals surface area contributed by atoms with E-state index in [-0.39, 0.29) is 12.0 Å². The van der Waals surface area contributed by atoms with Gasteiger partial charge in [-0.3, -0.25) is 14.9 Å². The molecule has 10 nitrogen and oxygen atoms in total. The van der Waals surface area contributed by atoms with Crippen molar-refractivity contribution in [2.45, 2.75) is 67.7 Å². The van der Waals surface area contributed by atoms with Crippen molar-refractivity contribution in [1.82, 2.24) is 45.3 Å². The molecule has 2 aromatic rings. The fraction of sp³-hybridized carbons (Fsp3) is 0.692. The number of nitrogens with one attached hydrogen (secondary N) is 1. The Morgan fingerprint density at radius 1 is 0.946 bits per heavy atom. The lowest BCUT2D eigenvalue weighted by atomic mass is 9.91. The van der Waals surface area contributed by atoms with Crippen LogP contribution in [0.15, 0.2) is 37.1 Å². The van der Waals surface area contributed by atoms with Crippen LogP contribution in [0, 0.1) is 0 Å². The van der Waals surface area contributed by atoms with Crippen LogP contribution in [0.5, 0.6) is 0 Å². The number of hydrazine groups is 2. The Morgan fingerprint density at radius 2 is 1.84 bits per heavy atom. The first-order valence-corrected chi connectivity index (χ1v) is 15.0. The molecule has 5 fully saturated rings. The van der Waals surface area contributed by atoms with Crippen LogP contribution in [-0.4, -0.2) is 102 Å². The number of rotatable bonds is 6. The predicted octanol–water partition coefficient (Wildman–Crippen LogP) is 2.03. The summed E-state index contributed by atoms with van der Waals surface area (Å²) in [7, 11) is 0. The van der Waals surface area contributed by atoms with Gasteiger partial charge in [0.2, 0.25) is 0 Å². The molecular formula is C26H37N9OS. The smallest absolute Gasteiger partial charge is 0.160 e. The van der Waals surface area contributed by atoms with Crippen LogP contribution in [-0.2, 0) is 10.3 Å². The molecule has 0 radical (unpaired) electrons. The summed E-state index contributed by atoms with van der Waals surface area (Å²) in [4.78, 5) is 24.9. The van der Waals surface area contributed by atoms with E-state index < -0.39 is 5.54 Å². The van der Waals surface area contributed by atoms with E-state index in [9.17, 15) is 0 Å². The van der Waals surface area contributed by atoms with Gasteiger partial charge in [-0.2, -0.15) is 21.9 Å². The zero-order valence-corrected chi connectivity index (χ0v) is 22.2. The molecule has 0 aromatic carbocycles. The molecule has 0 saturated carbocycles. The summed E-state index contributed by atoms with van der Waals surface area (Å²) in [5.74, 6) is 1.58. The van der Waals surface area contributed by atoms with Gasteiger partial charge in [-0.15, -0.1) is 0 Å². The van der Waals surface area contributed by atoms with E-state index in [0.29, 0.717) is 11.8 Å². The Bertz CT molecular complexity index is 983. The summed E-state index contributed by atoms with van der Waals surface area (Å²) >= 11 is 2.13. The molecule has 5 aliphatic rings. The second-order valence-corrected chi connectivity index (χ2v) is 12.0. The number of ether oxygens (including phenoxy) is 1. The van der Waals surface area contributed by atoms with Crippen LogP contribution < -0.4 is 5.43 Å². The van der Waals surface area contributed by atoms with E-state index in [1.165, 1.54) is 31.4 Å². The fourth-order valence-electron chi connectivity index (χ4n) is 7.31. The standard InChI is InChI=1S/C26H37N9OS/c1-2-15-32(14-1)26(22-7-4-18-37-22)33(34-16-6-11-31-34)20-25(21-19-27-12-13-28-21,24-29-9-5-10-30-24)35(26)23-8-3-17-36-23/h5,9-10,12-13,19,22-23,31H,1-4,6-8,11,14-18,20H2. The molecule has 7 rings (SSSR count). The maximum Gasteiger partial charge on any atom is 0.160 e. The molecule has 198 valence electrons. The van der Waals surface area contributed by atoms with Gasteiger partial charge in [0.05, 0.1) is 17.1 Å². The number of likely N-dealkylation sites (tertiary alicyclic amines) is 1. The Balaban J connectivity index is 1.52. The van der Waals surface area contributed by atoms with Crippen molar-refractivity contribution in [2.24, 2.45) is 0 Å². The highest BCUT2D eigenvalue weighted by molar-refractivity contribution is 8.00. The minimum atomic E-state index is -0.708. The quantitative estimate of drug-likeness (QED) is 0.604. The summed E-state index contributed by atoms with van der Waals surface area (Å²) in [6.07, 6.45) is 17.2. The summed E-state index contributed by atoms with van der Waals surface area (Å²) in [6, 6.07) is 1.90. The lowest BCUT2D eigenvalue weighted by molar-refractivity contribution is -0.246. The van der Waals surface area contributed by atoms with Gasteiger partial charge < -0.3 is 4.74 Å². The number of hydrogen-bond acceptors (Lipinski definition) is 11. The zero-order chi connectivity index (χ0) is 24.7. The average molecular weight is 524 g/mol. The predicted molar refractivity (Wildman–Crippen MR) is 141 cm³/mol. The van der Waals surface area contributed by atoms with E-state index in [4.69, 9.17) is 19.7 Å². The summed E-state index contributed by atoms with van der Waals surface area (Å²) in [5.41, 5.74) is 3.92. The molecule has 11 heteroatoms. The highest BCUT2D eigenvalue weighted by atomic mass is 32.2. The molecule has 7 heterocycles. The topological polar surface area (TPSA) is 85.8 Å². The number of nitrogens with zero attached hydrogens (tertiary/aromatic N) is 8. The van der Waals surface area contributed by atoms with Crippen LogP contribution in [0.2, 0.25) is 0 Å². The van der Waals surface area contributed by atoms with Gasteiger partial charge >= 0.3 is 0 Å². The summed E-state index contributed by atoms with van der Waals surface area (Å²) in [6.45, 7) is 5.61. The largest absolute Gasteiger partial charge is 0.363 e. The minimum absolute atomic E-state index is 0.0554. The fourth-order valence-corrected chi connectivity index (χ4v) is 8.87. The molecule has 0 bridgehead atoms. The van der Waals surface area contributed by atoms with Crippen LogP contribution in [0.1, 0.15) is 56.5 Å². The van der Waals surface area contributed by atoms with Gasteiger partial charge in [-0.05, 0) is 56.8 Å². The second kappa shape index (κ2) is 10.1. The van der Waals surface area contributed by atoms with E-state index in [1.807, 2.05) is 30.9 Å². The van der Waals surface area contributed by atoms with Gasteiger partial charge in [0.1, 0.15) is 11.8 Å². The first kappa shape index (κ1) is 24.3. The molecule has 1 N–H and O–H groups in total. The van der Waals surface area contributed by atoms with Gasteiger partial charge in [0.15, 0.2) is 11.6 Å². The maximum atomic E-state index is 6.64. The Morgan fingerprint density at radius 3 is 2.51 bits per heavy atom. The molecule has 0 spiro atoms. The number of aromatic nitrogens is 4. The molecule has 2 aromatic heterocycles. The van der Waals surface area contributed by atoms with Crippen molar-refractivity contribution in [1.29, 1.82) is 0 Å². The van der Waals surface area contributed by atoms with Gasteiger partial charge in [0, 0.05) is 64.1 Å². The second-order valence-electron chi connectivity index (χ2n) is 10.7. The van der Waals surface area contributed by atoms with Gasteiger partial charge in [-0.25, -0.2) is 20.3 Å².